The van der Waals surface area contributed by atoms with Crippen molar-refractivity contribution in [3.05, 3.63) is 6.61 Å². The molecule has 0 aromatic rings. The lowest BCUT2D eigenvalue weighted by atomic mass is 10.5. The molecule has 0 saturated heterocycles. The van der Waals surface area contributed by atoms with Crippen LogP contribution in [-0.4, -0.2) is 19.6 Å². The van der Waals surface area contributed by atoms with Gasteiger partial charge in [-0.2, -0.15) is 0 Å². The SMILES string of the molecule is CCCNC(=O)[CH]OC. The lowest BCUT2D eigenvalue weighted by Gasteiger charge is -1.99. The Kier molecular flexibility index (Phi) is 5.21. The predicted octanol–water partition coefficient (Wildman–Crippen LogP) is 0.321. The van der Waals surface area contributed by atoms with Gasteiger partial charge in [0.2, 0.25) is 0 Å². The standard InChI is InChI=1S/C6H12NO2/c1-3-4-7-6(8)5-9-2/h5H,3-4H2,1-2H3,(H,7,8). The number of hydrogen-bond acceptors (Lipinski definition) is 2. The molecule has 1 radical (unpaired) electrons. The summed E-state index contributed by atoms with van der Waals surface area (Å²) in [6.07, 6.45) is 0.948. The lowest BCUT2D eigenvalue weighted by molar-refractivity contribution is -0.121. The third-order valence-corrected chi connectivity index (χ3v) is 0.774. The predicted molar refractivity (Wildman–Crippen MR) is 34.6 cm³/mol. The summed E-state index contributed by atoms with van der Waals surface area (Å²) in [6.45, 7) is 3.85. The summed E-state index contributed by atoms with van der Waals surface area (Å²) in [5, 5.41) is 2.61. The minimum Gasteiger partial charge on any atom is -0.368 e. The summed E-state index contributed by atoms with van der Waals surface area (Å²) in [7, 11) is 1.45. The van der Waals surface area contributed by atoms with Gasteiger partial charge in [0, 0.05) is 13.7 Å². The molecule has 0 aliphatic heterocycles. The van der Waals surface area contributed by atoms with E-state index >= 15 is 0 Å². The summed E-state index contributed by atoms with van der Waals surface area (Å²) in [4.78, 5) is 10.5. The summed E-state index contributed by atoms with van der Waals surface area (Å²) in [5.41, 5.74) is 0. The molecule has 1 amide bonds. The van der Waals surface area contributed by atoms with Crippen molar-refractivity contribution in [3.63, 3.8) is 0 Å². The van der Waals surface area contributed by atoms with E-state index in [2.05, 4.69) is 10.1 Å². The van der Waals surface area contributed by atoms with E-state index in [1.54, 1.807) is 0 Å². The summed E-state index contributed by atoms with van der Waals surface area (Å²) in [5.74, 6) is -0.167. The van der Waals surface area contributed by atoms with Gasteiger partial charge in [0.15, 0.2) is 6.61 Å². The highest BCUT2D eigenvalue weighted by atomic mass is 16.5. The Bertz CT molecular complexity index is 83.1. The second-order valence-corrected chi connectivity index (χ2v) is 1.64. The fourth-order valence-corrected chi connectivity index (χ4v) is 0.397. The Hall–Kier alpha value is -0.570. The first-order valence-corrected chi connectivity index (χ1v) is 2.95. The van der Waals surface area contributed by atoms with Gasteiger partial charge < -0.3 is 10.1 Å². The van der Waals surface area contributed by atoms with E-state index in [4.69, 9.17) is 0 Å². The molecule has 0 aromatic heterocycles. The second kappa shape index (κ2) is 5.56. The fourth-order valence-electron chi connectivity index (χ4n) is 0.397. The van der Waals surface area contributed by atoms with E-state index in [1.165, 1.54) is 7.11 Å². The molecular formula is C6H12NO2. The molecule has 9 heavy (non-hydrogen) atoms. The van der Waals surface area contributed by atoms with Gasteiger partial charge in [-0.3, -0.25) is 4.79 Å². The number of hydrogen-bond donors (Lipinski definition) is 1. The average molecular weight is 130 g/mol. The number of carbonyl (C=O) groups is 1. The Labute approximate surface area is 55.4 Å². The van der Waals surface area contributed by atoms with Crippen molar-refractivity contribution in [3.8, 4) is 0 Å². The number of amides is 1. The number of nitrogens with one attached hydrogen (secondary N) is 1. The van der Waals surface area contributed by atoms with E-state index < -0.39 is 0 Å². The topological polar surface area (TPSA) is 38.3 Å². The average Bonchev–Trinajstić information content (AvgIpc) is 1.85. The molecule has 0 spiro atoms. The highest BCUT2D eigenvalue weighted by molar-refractivity contribution is 5.82. The van der Waals surface area contributed by atoms with Crippen molar-refractivity contribution < 1.29 is 9.53 Å². The Morgan fingerprint density at radius 1 is 1.78 bits per heavy atom. The molecule has 0 aromatic carbocycles. The van der Waals surface area contributed by atoms with Crippen LogP contribution in [0.3, 0.4) is 0 Å². The minimum absolute atomic E-state index is 0.167. The molecule has 3 heteroatoms. The highest BCUT2D eigenvalue weighted by Crippen LogP contribution is 1.77. The van der Waals surface area contributed by atoms with Crippen molar-refractivity contribution in [2.24, 2.45) is 0 Å². The molecule has 1 N–H and O–H groups in total. The molecule has 0 heterocycles. The van der Waals surface area contributed by atoms with Crippen molar-refractivity contribution >= 4 is 5.91 Å². The Morgan fingerprint density at radius 2 is 2.44 bits per heavy atom. The molecule has 53 valence electrons. The molecular weight excluding hydrogens is 118 g/mol. The normalized spacial score (nSPS) is 9.11. The number of carbonyl (C=O) groups excluding carboxylic acids is 1. The smallest absolute Gasteiger partial charge is 0.252 e. The molecule has 3 nitrogen and oxygen atoms in total. The maximum atomic E-state index is 10.5. The molecule has 0 saturated carbocycles. The molecule has 0 aliphatic rings. The zero-order valence-corrected chi connectivity index (χ0v) is 5.81. The molecule has 0 aliphatic carbocycles. The fraction of sp³-hybridized carbons (Fsp3) is 0.667. The van der Waals surface area contributed by atoms with Crippen LogP contribution in [0, 0.1) is 6.61 Å². The van der Waals surface area contributed by atoms with Crippen LogP contribution in [0.15, 0.2) is 0 Å². The van der Waals surface area contributed by atoms with Crippen LogP contribution in [0.25, 0.3) is 0 Å². The second-order valence-electron chi connectivity index (χ2n) is 1.64. The van der Waals surface area contributed by atoms with Gasteiger partial charge in [-0.15, -0.1) is 0 Å². The molecule has 0 bridgehead atoms. The van der Waals surface area contributed by atoms with E-state index in [0.717, 1.165) is 13.0 Å². The lowest BCUT2D eigenvalue weighted by Crippen LogP contribution is -2.24. The van der Waals surface area contributed by atoms with Gasteiger partial charge in [-0.1, -0.05) is 6.92 Å². The van der Waals surface area contributed by atoms with E-state index in [9.17, 15) is 4.79 Å². The van der Waals surface area contributed by atoms with Crippen molar-refractivity contribution in [1.82, 2.24) is 5.32 Å². The van der Waals surface area contributed by atoms with Crippen molar-refractivity contribution in [2.45, 2.75) is 13.3 Å². The maximum Gasteiger partial charge on any atom is 0.252 e. The van der Waals surface area contributed by atoms with Crippen LogP contribution in [-0.2, 0) is 9.53 Å². The van der Waals surface area contributed by atoms with Crippen LogP contribution in [0.5, 0.6) is 0 Å². The monoisotopic (exact) mass is 130 g/mol. The molecule has 0 fully saturated rings. The number of ether oxygens (including phenoxy) is 1. The van der Waals surface area contributed by atoms with Crippen molar-refractivity contribution in [1.29, 1.82) is 0 Å². The van der Waals surface area contributed by atoms with Crippen LogP contribution >= 0.6 is 0 Å². The van der Waals surface area contributed by atoms with E-state index in [0.29, 0.717) is 6.54 Å². The zero-order chi connectivity index (χ0) is 7.11. The minimum atomic E-state index is -0.167. The quantitative estimate of drug-likeness (QED) is 0.595. The van der Waals surface area contributed by atoms with Gasteiger partial charge in [-0.25, -0.2) is 0 Å². The summed E-state index contributed by atoms with van der Waals surface area (Å²) < 4.78 is 4.46. The third kappa shape index (κ3) is 5.30. The van der Waals surface area contributed by atoms with Crippen LogP contribution in [0.2, 0.25) is 0 Å². The largest absolute Gasteiger partial charge is 0.368 e. The van der Waals surface area contributed by atoms with E-state index in [1.807, 2.05) is 6.92 Å². The van der Waals surface area contributed by atoms with Crippen LogP contribution in [0.1, 0.15) is 13.3 Å². The van der Waals surface area contributed by atoms with Gasteiger partial charge in [0.25, 0.3) is 5.91 Å². The first-order chi connectivity index (χ1) is 4.31. The first kappa shape index (κ1) is 8.43. The Balaban J connectivity index is 3.06. The maximum absolute atomic E-state index is 10.5. The Morgan fingerprint density at radius 3 is 2.89 bits per heavy atom. The van der Waals surface area contributed by atoms with Gasteiger partial charge >= 0.3 is 0 Å². The first-order valence-electron chi connectivity index (χ1n) is 2.95. The summed E-state index contributed by atoms with van der Waals surface area (Å²) in [6, 6.07) is 0. The van der Waals surface area contributed by atoms with Crippen LogP contribution < -0.4 is 5.32 Å². The molecule has 0 unspecified atom stereocenters. The van der Waals surface area contributed by atoms with Gasteiger partial charge in [0.05, 0.1) is 0 Å². The summed E-state index contributed by atoms with van der Waals surface area (Å²) >= 11 is 0. The number of methoxy groups -OCH3 is 1. The van der Waals surface area contributed by atoms with E-state index in [-0.39, 0.29) is 5.91 Å². The van der Waals surface area contributed by atoms with Gasteiger partial charge in [0.1, 0.15) is 0 Å². The third-order valence-electron chi connectivity index (χ3n) is 0.774. The van der Waals surface area contributed by atoms with Crippen LogP contribution in [0.4, 0.5) is 0 Å². The molecule has 0 atom stereocenters. The van der Waals surface area contributed by atoms with Gasteiger partial charge in [-0.05, 0) is 6.42 Å². The zero-order valence-electron chi connectivity index (χ0n) is 5.81. The molecule has 0 rings (SSSR count). The number of rotatable bonds is 4. The highest BCUT2D eigenvalue weighted by Gasteiger charge is 1.96. The van der Waals surface area contributed by atoms with Crippen molar-refractivity contribution in [2.75, 3.05) is 13.7 Å².